The van der Waals surface area contributed by atoms with Crippen LogP contribution in [0.2, 0.25) is 0 Å². The zero-order valence-electron chi connectivity index (χ0n) is 5.83. The summed E-state index contributed by atoms with van der Waals surface area (Å²) in [6.45, 7) is 5.38. The number of hydrogen-bond donors (Lipinski definition) is 0. The fourth-order valence-corrected chi connectivity index (χ4v) is 0.430. The molecule has 0 saturated heterocycles. The predicted octanol–water partition coefficient (Wildman–Crippen LogP) is 1.78. The SMILES string of the molecule is C=CC(C)C=C(C#N)C#N. The lowest BCUT2D eigenvalue weighted by atomic mass is 10.1. The molecule has 0 saturated carbocycles. The van der Waals surface area contributed by atoms with E-state index < -0.39 is 0 Å². The molecule has 0 aromatic heterocycles. The zero-order chi connectivity index (χ0) is 7.98. The Morgan fingerprint density at radius 2 is 2.00 bits per heavy atom. The first-order valence-electron chi connectivity index (χ1n) is 2.89. The fourth-order valence-electron chi connectivity index (χ4n) is 0.430. The van der Waals surface area contributed by atoms with Gasteiger partial charge in [0.1, 0.15) is 17.7 Å². The van der Waals surface area contributed by atoms with E-state index in [2.05, 4.69) is 6.58 Å². The number of nitrogens with zero attached hydrogens (tertiary/aromatic N) is 2. The first-order chi connectivity index (χ1) is 4.74. The third-order valence-corrected chi connectivity index (χ3v) is 1.04. The summed E-state index contributed by atoms with van der Waals surface area (Å²) in [4.78, 5) is 0. The van der Waals surface area contributed by atoms with Gasteiger partial charge in [-0.1, -0.05) is 13.0 Å². The third kappa shape index (κ3) is 2.69. The van der Waals surface area contributed by atoms with Crippen molar-refractivity contribution >= 4 is 0 Å². The monoisotopic (exact) mass is 132 g/mol. The topological polar surface area (TPSA) is 47.6 Å². The van der Waals surface area contributed by atoms with Crippen molar-refractivity contribution in [3.8, 4) is 12.1 Å². The molecule has 10 heavy (non-hydrogen) atoms. The molecule has 2 heteroatoms. The van der Waals surface area contributed by atoms with E-state index in [-0.39, 0.29) is 11.5 Å². The van der Waals surface area contributed by atoms with Crippen molar-refractivity contribution in [3.05, 3.63) is 24.3 Å². The van der Waals surface area contributed by atoms with Gasteiger partial charge in [0.25, 0.3) is 0 Å². The normalized spacial score (nSPS) is 10.3. The largest absolute Gasteiger partial charge is 0.192 e. The van der Waals surface area contributed by atoms with E-state index in [1.165, 1.54) is 0 Å². The van der Waals surface area contributed by atoms with Gasteiger partial charge in [0.15, 0.2) is 0 Å². The first kappa shape index (κ1) is 8.46. The zero-order valence-corrected chi connectivity index (χ0v) is 5.83. The predicted molar refractivity (Wildman–Crippen MR) is 38.7 cm³/mol. The standard InChI is InChI=1S/C8H8N2/c1-3-7(2)4-8(5-9)6-10/h3-4,7H,1H2,2H3. The number of allylic oxidation sites excluding steroid dienone is 3. The van der Waals surface area contributed by atoms with Gasteiger partial charge in [-0.25, -0.2) is 0 Å². The summed E-state index contributed by atoms with van der Waals surface area (Å²) in [6.07, 6.45) is 3.25. The minimum atomic E-state index is 0.0919. The molecule has 50 valence electrons. The molecular formula is C8H8N2. The maximum atomic E-state index is 8.30. The second-order valence-corrected chi connectivity index (χ2v) is 1.90. The van der Waals surface area contributed by atoms with Crippen LogP contribution in [0.1, 0.15) is 6.92 Å². The Labute approximate surface area is 60.7 Å². The molecule has 0 N–H and O–H groups in total. The lowest BCUT2D eigenvalue weighted by molar-refractivity contribution is 0.939. The minimum absolute atomic E-state index is 0.0919. The molecule has 0 radical (unpaired) electrons. The number of rotatable bonds is 2. The smallest absolute Gasteiger partial charge is 0.126 e. The van der Waals surface area contributed by atoms with Crippen LogP contribution in [0.3, 0.4) is 0 Å². The second-order valence-electron chi connectivity index (χ2n) is 1.90. The van der Waals surface area contributed by atoms with Crippen molar-refractivity contribution in [2.75, 3.05) is 0 Å². The van der Waals surface area contributed by atoms with Gasteiger partial charge in [-0.2, -0.15) is 10.5 Å². The summed E-state index contributed by atoms with van der Waals surface area (Å²) >= 11 is 0. The molecule has 0 rings (SSSR count). The van der Waals surface area contributed by atoms with E-state index in [1.807, 2.05) is 6.92 Å². The summed E-state index contributed by atoms with van der Waals surface area (Å²) in [7, 11) is 0. The van der Waals surface area contributed by atoms with Crippen LogP contribution in [0.15, 0.2) is 24.3 Å². The Kier molecular flexibility index (Phi) is 3.68. The van der Waals surface area contributed by atoms with E-state index in [9.17, 15) is 0 Å². The Hall–Kier alpha value is -1.54. The van der Waals surface area contributed by atoms with Crippen molar-refractivity contribution in [3.63, 3.8) is 0 Å². The Bertz CT molecular complexity index is 209. The van der Waals surface area contributed by atoms with E-state index >= 15 is 0 Å². The highest BCUT2D eigenvalue weighted by Crippen LogP contribution is 2.01. The van der Waals surface area contributed by atoms with E-state index in [1.54, 1.807) is 24.3 Å². The molecule has 2 nitrogen and oxygen atoms in total. The van der Waals surface area contributed by atoms with Crippen LogP contribution in [0.4, 0.5) is 0 Å². The van der Waals surface area contributed by atoms with Crippen LogP contribution in [0.5, 0.6) is 0 Å². The number of hydrogen-bond acceptors (Lipinski definition) is 2. The van der Waals surface area contributed by atoms with Crippen molar-refractivity contribution < 1.29 is 0 Å². The van der Waals surface area contributed by atoms with Crippen LogP contribution >= 0.6 is 0 Å². The maximum Gasteiger partial charge on any atom is 0.126 e. The van der Waals surface area contributed by atoms with Gasteiger partial charge in [0.05, 0.1) is 0 Å². The first-order valence-corrected chi connectivity index (χ1v) is 2.89. The maximum absolute atomic E-state index is 8.30. The summed E-state index contributed by atoms with van der Waals surface area (Å²) < 4.78 is 0. The molecule has 0 aliphatic rings. The van der Waals surface area contributed by atoms with Crippen LogP contribution in [0.25, 0.3) is 0 Å². The van der Waals surface area contributed by atoms with Crippen LogP contribution in [-0.4, -0.2) is 0 Å². The van der Waals surface area contributed by atoms with E-state index in [0.717, 1.165) is 0 Å². The van der Waals surface area contributed by atoms with Crippen molar-refractivity contribution in [1.82, 2.24) is 0 Å². The molecule has 0 aliphatic heterocycles. The van der Waals surface area contributed by atoms with Gasteiger partial charge in [-0.15, -0.1) is 6.58 Å². The minimum Gasteiger partial charge on any atom is -0.192 e. The fraction of sp³-hybridized carbons (Fsp3) is 0.250. The van der Waals surface area contributed by atoms with Gasteiger partial charge in [0, 0.05) is 0 Å². The Balaban J connectivity index is 4.32. The Morgan fingerprint density at radius 3 is 2.30 bits per heavy atom. The van der Waals surface area contributed by atoms with Gasteiger partial charge in [0.2, 0.25) is 0 Å². The summed E-state index contributed by atoms with van der Waals surface area (Å²) in [5.74, 6) is 0.0919. The summed E-state index contributed by atoms with van der Waals surface area (Å²) in [5, 5.41) is 16.6. The highest BCUT2D eigenvalue weighted by Gasteiger charge is 1.94. The third-order valence-electron chi connectivity index (χ3n) is 1.04. The van der Waals surface area contributed by atoms with Crippen molar-refractivity contribution in [2.45, 2.75) is 6.92 Å². The molecular weight excluding hydrogens is 124 g/mol. The molecule has 1 unspecified atom stereocenters. The molecule has 0 spiro atoms. The second kappa shape index (κ2) is 4.35. The molecule has 0 amide bonds. The van der Waals surface area contributed by atoms with Crippen molar-refractivity contribution in [2.24, 2.45) is 5.92 Å². The van der Waals surface area contributed by atoms with Crippen LogP contribution in [0, 0.1) is 28.6 Å². The average molecular weight is 132 g/mol. The molecule has 0 aromatic carbocycles. The van der Waals surface area contributed by atoms with Crippen LogP contribution < -0.4 is 0 Å². The molecule has 0 bridgehead atoms. The summed E-state index contributed by atoms with van der Waals surface area (Å²) in [6, 6.07) is 3.54. The van der Waals surface area contributed by atoms with Gasteiger partial charge in [-0.05, 0) is 12.0 Å². The number of nitriles is 2. The highest BCUT2D eigenvalue weighted by atomic mass is 14.3. The van der Waals surface area contributed by atoms with Gasteiger partial charge < -0.3 is 0 Å². The molecule has 0 aliphatic carbocycles. The highest BCUT2D eigenvalue weighted by molar-refractivity contribution is 5.35. The van der Waals surface area contributed by atoms with Crippen LogP contribution in [-0.2, 0) is 0 Å². The molecule has 0 fully saturated rings. The lowest BCUT2D eigenvalue weighted by Gasteiger charge is -1.92. The Morgan fingerprint density at radius 1 is 1.50 bits per heavy atom. The molecule has 0 aromatic rings. The van der Waals surface area contributed by atoms with E-state index in [4.69, 9.17) is 10.5 Å². The average Bonchev–Trinajstić information content (AvgIpc) is 1.99. The molecule has 1 atom stereocenters. The molecule has 0 heterocycles. The quantitative estimate of drug-likeness (QED) is 0.424. The van der Waals surface area contributed by atoms with E-state index in [0.29, 0.717) is 0 Å². The van der Waals surface area contributed by atoms with Crippen molar-refractivity contribution in [1.29, 1.82) is 10.5 Å². The lowest BCUT2D eigenvalue weighted by Crippen LogP contribution is -1.83. The van der Waals surface area contributed by atoms with Gasteiger partial charge >= 0.3 is 0 Å². The summed E-state index contributed by atoms with van der Waals surface area (Å²) in [5.41, 5.74) is 0.146. The van der Waals surface area contributed by atoms with Gasteiger partial charge in [-0.3, -0.25) is 0 Å².